The van der Waals surface area contributed by atoms with Crippen LogP contribution in [-0.2, 0) is 0 Å². The molecule has 0 saturated heterocycles. The van der Waals surface area contributed by atoms with Gasteiger partial charge in [0, 0.05) is 11.6 Å². The van der Waals surface area contributed by atoms with Gasteiger partial charge in [0.25, 0.3) is 5.91 Å². The highest BCUT2D eigenvalue weighted by molar-refractivity contribution is 5.98. The molecule has 0 bridgehead atoms. The molecular weight excluding hydrogens is 210 g/mol. The van der Waals surface area contributed by atoms with Gasteiger partial charge >= 0.3 is 0 Å². The molecule has 2 rings (SSSR count). The molecule has 0 radical (unpaired) electrons. The normalized spacial score (nSPS) is 12.4. The quantitative estimate of drug-likeness (QED) is 0.855. The van der Waals surface area contributed by atoms with Crippen molar-refractivity contribution in [3.8, 4) is 0 Å². The minimum absolute atomic E-state index is 0.00473. The molecule has 0 spiro atoms. The fraction of sp³-hybridized carbons (Fsp3) is 0.267. The number of fused-ring (bicyclic) bond motifs is 1. The summed E-state index contributed by atoms with van der Waals surface area (Å²) >= 11 is 0. The van der Waals surface area contributed by atoms with Gasteiger partial charge in [-0.1, -0.05) is 37.3 Å². The number of hydrogen-bond acceptors (Lipinski definition) is 1. The Kier molecular flexibility index (Phi) is 3.43. The van der Waals surface area contributed by atoms with Crippen LogP contribution in [-0.4, -0.2) is 11.9 Å². The van der Waals surface area contributed by atoms with Crippen LogP contribution in [0.4, 0.5) is 0 Å². The van der Waals surface area contributed by atoms with Crippen molar-refractivity contribution in [2.24, 2.45) is 0 Å². The third kappa shape index (κ3) is 2.64. The first-order valence-corrected chi connectivity index (χ1v) is 6.00. The minimum atomic E-state index is 0.00473. The SMILES string of the molecule is CC[C@H](C)NC(=O)c1ccc2ccccc2c1. The third-order valence-electron chi connectivity index (χ3n) is 3.00. The van der Waals surface area contributed by atoms with E-state index in [1.807, 2.05) is 49.4 Å². The van der Waals surface area contributed by atoms with Gasteiger partial charge in [-0.25, -0.2) is 0 Å². The van der Waals surface area contributed by atoms with Gasteiger partial charge in [-0.2, -0.15) is 0 Å². The van der Waals surface area contributed by atoms with E-state index in [1.54, 1.807) is 0 Å². The van der Waals surface area contributed by atoms with Crippen LogP contribution in [0.2, 0.25) is 0 Å². The predicted molar refractivity (Wildman–Crippen MR) is 71.2 cm³/mol. The van der Waals surface area contributed by atoms with E-state index in [-0.39, 0.29) is 11.9 Å². The molecule has 2 aromatic rings. The smallest absolute Gasteiger partial charge is 0.251 e. The number of nitrogens with one attached hydrogen (secondary N) is 1. The maximum absolute atomic E-state index is 11.9. The van der Waals surface area contributed by atoms with Crippen molar-refractivity contribution in [3.05, 3.63) is 48.0 Å². The van der Waals surface area contributed by atoms with Gasteiger partial charge in [0.15, 0.2) is 0 Å². The molecule has 88 valence electrons. The molecule has 2 nitrogen and oxygen atoms in total. The topological polar surface area (TPSA) is 29.1 Å². The Bertz CT molecular complexity index is 533. The van der Waals surface area contributed by atoms with Crippen LogP contribution in [0, 0.1) is 0 Å². The molecule has 2 heteroatoms. The Hall–Kier alpha value is -1.83. The number of carbonyl (C=O) groups is 1. The maximum Gasteiger partial charge on any atom is 0.251 e. The molecule has 0 aliphatic heterocycles. The fourth-order valence-electron chi connectivity index (χ4n) is 1.74. The molecule has 0 aliphatic rings. The van der Waals surface area contributed by atoms with Crippen LogP contribution in [0.3, 0.4) is 0 Å². The lowest BCUT2D eigenvalue weighted by atomic mass is 10.1. The number of carbonyl (C=O) groups excluding carboxylic acids is 1. The average Bonchev–Trinajstić information content (AvgIpc) is 2.38. The Morgan fingerprint density at radius 1 is 1.18 bits per heavy atom. The second-order valence-electron chi connectivity index (χ2n) is 4.34. The zero-order chi connectivity index (χ0) is 12.3. The molecule has 0 heterocycles. The summed E-state index contributed by atoms with van der Waals surface area (Å²) in [5.74, 6) is 0.00473. The lowest BCUT2D eigenvalue weighted by Crippen LogP contribution is -2.31. The van der Waals surface area contributed by atoms with E-state index in [2.05, 4.69) is 12.2 Å². The van der Waals surface area contributed by atoms with Crippen molar-refractivity contribution in [1.29, 1.82) is 0 Å². The summed E-state index contributed by atoms with van der Waals surface area (Å²) in [6.07, 6.45) is 0.944. The summed E-state index contributed by atoms with van der Waals surface area (Å²) in [7, 11) is 0. The molecule has 0 fully saturated rings. The van der Waals surface area contributed by atoms with E-state index in [0.29, 0.717) is 0 Å². The van der Waals surface area contributed by atoms with Gasteiger partial charge in [0.2, 0.25) is 0 Å². The standard InChI is InChI=1S/C15H17NO/c1-3-11(2)16-15(17)14-9-8-12-6-4-5-7-13(12)10-14/h4-11H,3H2,1-2H3,(H,16,17)/t11-/m0/s1. The number of hydrogen-bond donors (Lipinski definition) is 1. The van der Waals surface area contributed by atoms with Gasteiger partial charge in [0.05, 0.1) is 0 Å². The van der Waals surface area contributed by atoms with Crippen molar-refractivity contribution in [2.75, 3.05) is 0 Å². The lowest BCUT2D eigenvalue weighted by Gasteiger charge is -2.11. The molecule has 2 aromatic carbocycles. The summed E-state index contributed by atoms with van der Waals surface area (Å²) in [6, 6.07) is 14.1. The molecule has 17 heavy (non-hydrogen) atoms. The second kappa shape index (κ2) is 5.00. The first-order valence-electron chi connectivity index (χ1n) is 6.00. The molecule has 0 unspecified atom stereocenters. The van der Waals surface area contributed by atoms with Crippen molar-refractivity contribution < 1.29 is 4.79 Å². The molecule has 0 aliphatic carbocycles. The number of benzene rings is 2. The number of amides is 1. The summed E-state index contributed by atoms with van der Waals surface area (Å²) in [5, 5.41) is 5.23. The first-order chi connectivity index (χ1) is 8.20. The lowest BCUT2D eigenvalue weighted by molar-refractivity contribution is 0.0939. The Balaban J connectivity index is 2.27. The molecule has 0 saturated carbocycles. The molecular formula is C15H17NO. The maximum atomic E-state index is 11.9. The van der Waals surface area contributed by atoms with Crippen LogP contribution >= 0.6 is 0 Å². The molecule has 1 atom stereocenters. The summed E-state index contributed by atoms with van der Waals surface area (Å²) in [4.78, 5) is 11.9. The van der Waals surface area contributed by atoms with Crippen molar-refractivity contribution in [3.63, 3.8) is 0 Å². The zero-order valence-corrected chi connectivity index (χ0v) is 10.2. The van der Waals surface area contributed by atoms with E-state index in [1.165, 1.54) is 0 Å². The van der Waals surface area contributed by atoms with E-state index in [9.17, 15) is 4.79 Å². The summed E-state index contributed by atoms with van der Waals surface area (Å²) in [5.41, 5.74) is 0.726. The van der Waals surface area contributed by atoms with Gasteiger partial charge in [0.1, 0.15) is 0 Å². The highest BCUT2D eigenvalue weighted by Gasteiger charge is 2.08. The zero-order valence-electron chi connectivity index (χ0n) is 10.2. The molecule has 1 N–H and O–H groups in total. The fourth-order valence-corrected chi connectivity index (χ4v) is 1.74. The van der Waals surface area contributed by atoms with Gasteiger partial charge < -0.3 is 5.32 Å². The van der Waals surface area contributed by atoms with Crippen LogP contribution in [0.15, 0.2) is 42.5 Å². The van der Waals surface area contributed by atoms with Gasteiger partial charge in [-0.3, -0.25) is 4.79 Å². The third-order valence-corrected chi connectivity index (χ3v) is 3.00. The summed E-state index contributed by atoms with van der Waals surface area (Å²) in [6.45, 7) is 4.07. The Morgan fingerprint density at radius 2 is 1.88 bits per heavy atom. The van der Waals surface area contributed by atoms with Crippen LogP contribution in [0.5, 0.6) is 0 Å². The molecule has 0 aromatic heterocycles. The molecule has 1 amide bonds. The van der Waals surface area contributed by atoms with E-state index >= 15 is 0 Å². The Morgan fingerprint density at radius 3 is 2.59 bits per heavy atom. The first kappa shape index (κ1) is 11.6. The highest BCUT2D eigenvalue weighted by atomic mass is 16.1. The second-order valence-corrected chi connectivity index (χ2v) is 4.34. The highest BCUT2D eigenvalue weighted by Crippen LogP contribution is 2.15. The predicted octanol–water partition coefficient (Wildman–Crippen LogP) is 3.37. The monoisotopic (exact) mass is 227 g/mol. The van der Waals surface area contributed by atoms with Crippen molar-refractivity contribution in [1.82, 2.24) is 5.32 Å². The van der Waals surface area contributed by atoms with Gasteiger partial charge in [-0.05, 0) is 36.2 Å². The Labute approximate surface area is 102 Å². The summed E-state index contributed by atoms with van der Waals surface area (Å²) < 4.78 is 0. The van der Waals surface area contributed by atoms with Crippen molar-refractivity contribution in [2.45, 2.75) is 26.3 Å². The van der Waals surface area contributed by atoms with Gasteiger partial charge in [-0.15, -0.1) is 0 Å². The van der Waals surface area contributed by atoms with E-state index < -0.39 is 0 Å². The van der Waals surface area contributed by atoms with Crippen molar-refractivity contribution >= 4 is 16.7 Å². The average molecular weight is 227 g/mol. The number of rotatable bonds is 3. The van der Waals surface area contributed by atoms with Crippen LogP contribution in [0.1, 0.15) is 30.6 Å². The van der Waals surface area contributed by atoms with E-state index in [0.717, 1.165) is 22.8 Å². The minimum Gasteiger partial charge on any atom is -0.350 e. The van der Waals surface area contributed by atoms with E-state index in [4.69, 9.17) is 0 Å². The van der Waals surface area contributed by atoms with Crippen LogP contribution in [0.25, 0.3) is 10.8 Å². The largest absolute Gasteiger partial charge is 0.350 e. The van der Waals surface area contributed by atoms with Crippen LogP contribution < -0.4 is 5.32 Å².